The van der Waals surface area contributed by atoms with Crippen LogP contribution in [0.15, 0.2) is 33.4 Å². The fraction of sp³-hybridized carbons (Fsp3) is 0.250. The SMILES string of the molecule is C[C-]=C(C)C=C(Br)[CH]=[W].C[C-]=C(C)C=C([CH]=[W])C(=O)O.[CH3-].[I][V][I].[V]. The molecule has 0 aliphatic carbocycles. The maximum atomic E-state index is 10.5. The number of hydrogen-bond acceptors (Lipinski definition) is 1. The Bertz CT molecular complexity index is 506. The molecule has 25 heavy (non-hydrogen) atoms. The van der Waals surface area contributed by atoms with Crippen molar-refractivity contribution in [1.29, 1.82) is 0 Å². The van der Waals surface area contributed by atoms with E-state index >= 15 is 0 Å². The zero-order valence-corrected chi connectivity index (χ0v) is 29.1. The van der Waals surface area contributed by atoms with Crippen LogP contribution >= 0.6 is 55.9 Å². The molecule has 0 aromatic carbocycles. The molecule has 0 bridgehead atoms. The van der Waals surface area contributed by atoms with E-state index in [2.05, 4.69) is 72.4 Å². The first-order valence-electron chi connectivity index (χ1n) is 5.91. The molecule has 0 spiro atoms. The maximum absolute atomic E-state index is 10.5. The Balaban J connectivity index is -0.0000000870. The Hall–Kier alpha value is 2.66. The molecule has 9 heteroatoms. The molecule has 1 radical (unpaired) electrons. The Morgan fingerprint density at radius 3 is 1.68 bits per heavy atom. The van der Waals surface area contributed by atoms with E-state index in [9.17, 15) is 4.79 Å². The number of allylic oxidation sites excluding steroid dienone is 7. The Morgan fingerprint density at radius 2 is 1.44 bits per heavy atom. The first kappa shape index (κ1) is 38.3. The molecule has 2 nitrogen and oxygen atoms in total. The third kappa shape index (κ3) is 31.6. The van der Waals surface area contributed by atoms with Crippen LogP contribution in [0.5, 0.6) is 0 Å². The number of rotatable bonds is 5. The molecule has 1 N–H and O–H groups in total. The second-order valence-corrected chi connectivity index (χ2v) is 18.0. The van der Waals surface area contributed by atoms with Crippen LogP contribution in [0.3, 0.4) is 0 Å². The van der Waals surface area contributed by atoms with Crippen molar-refractivity contribution in [2.75, 3.05) is 0 Å². The average Bonchev–Trinajstić information content (AvgIpc) is 2.52. The second-order valence-electron chi connectivity index (χ2n) is 3.60. The molecule has 0 saturated carbocycles. The summed E-state index contributed by atoms with van der Waals surface area (Å²) in [7, 11) is 0.628. The van der Waals surface area contributed by atoms with Crippen LogP contribution in [0, 0.1) is 19.6 Å². The van der Waals surface area contributed by atoms with Crippen LogP contribution in [-0.2, 0) is 71.5 Å². The minimum absolute atomic E-state index is 0. The summed E-state index contributed by atoms with van der Waals surface area (Å²) in [5, 5.41) is 8.59. The molecular formula is C16H20BrI2O2V2W2-3. The molecule has 0 aromatic rings. The monoisotopic (exact) mass is 1050 g/mol. The smallest absolute Gasteiger partial charge is 0 e. The van der Waals surface area contributed by atoms with E-state index in [1.54, 1.807) is 17.4 Å². The number of hydrogen-bond donors (Lipinski definition) is 1. The third-order valence-corrected chi connectivity index (χ3v) is 5.48. The Kier molecular flexibility index (Phi) is 44.2. The van der Waals surface area contributed by atoms with E-state index in [0.29, 0.717) is 15.0 Å². The van der Waals surface area contributed by atoms with Crippen LogP contribution < -0.4 is 0 Å². The van der Waals surface area contributed by atoms with Gasteiger partial charge in [-0.2, -0.15) is 0 Å². The summed E-state index contributed by atoms with van der Waals surface area (Å²) in [4.78, 5) is 10.5. The molecule has 0 rings (SSSR count). The number of carbonyl (C=O) groups is 1. The molecule has 0 unspecified atom stereocenters. The summed E-state index contributed by atoms with van der Waals surface area (Å²) in [6, 6.07) is 0. The standard InChI is InChI=1S/C8H9O2.C7H8Br.CH3.2HI.2V.2W/c1-4-6(2)5-7(3)8(9)10;1-4-6(2)5-7(3)8;;;;;;;/h3,5H,1-2H3,(H,9,10);3,5H,1-2H3;1H3;2*1H;;;;/q3*-1;;;;+2;;/p-2. The van der Waals surface area contributed by atoms with Crippen molar-refractivity contribution in [3.8, 4) is 0 Å². The van der Waals surface area contributed by atoms with Crippen molar-refractivity contribution >= 4 is 70.7 Å². The van der Waals surface area contributed by atoms with Crippen molar-refractivity contribution in [2.24, 2.45) is 0 Å². The maximum Gasteiger partial charge on any atom is 0 e. The van der Waals surface area contributed by atoms with E-state index in [1.165, 1.54) is 24.9 Å². The molecule has 0 aliphatic heterocycles. The van der Waals surface area contributed by atoms with E-state index in [-0.39, 0.29) is 26.0 Å². The van der Waals surface area contributed by atoms with Crippen LogP contribution in [0.2, 0.25) is 0 Å². The molecule has 142 valence electrons. The number of carboxylic acid groups (broad SMARTS) is 1. The molecule has 0 saturated heterocycles. The largest absolute Gasteiger partial charge is 0 e. The molecule has 0 fully saturated rings. The van der Waals surface area contributed by atoms with Crippen molar-refractivity contribution in [2.45, 2.75) is 27.7 Å². The van der Waals surface area contributed by atoms with Gasteiger partial charge in [0.25, 0.3) is 0 Å². The average molecular weight is 1050 g/mol. The van der Waals surface area contributed by atoms with E-state index in [4.69, 9.17) is 5.11 Å². The molecule has 0 heterocycles. The van der Waals surface area contributed by atoms with Crippen LogP contribution in [0.1, 0.15) is 27.7 Å². The van der Waals surface area contributed by atoms with Gasteiger partial charge >= 0.3 is 202 Å². The van der Waals surface area contributed by atoms with Gasteiger partial charge in [0.15, 0.2) is 0 Å². The number of carboxylic acids is 1. The van der Waals surface area contributed by atoms with Crippen molar-refractivity contribution in [1.82, 2.24) is 0 Å². The van der Waals surface area contributed by atoms with E-state index in [1.807, 2.05) is 26.8 Å². The summed E-state index contributed by atoms with van der Waals surface area (Å²) in [6.07, 6.45) is 9.54. The fourth-order valence-corrected chi connectivity index (χ4v) is 1.96. The van der Waals surface area contributed by atoms with Crippen molar-refractivity contribution < 1.29 is 76.6 Å². The Labute approximate surface area is 224 Å². The van der Waals surface area contributed by atoms with Crippen LogP contribution in [0.4, 0.5) is 0 Å². The van der Waals surface area contributed by atoms with Gasteiger partial charge in [-0.05, 0) is 0 Å². The minimum atomic E-state index is -0.880. The fourth-order valence-electron chi connectivity index (χ4n) is 0.765. The summed E-state index contributed by atoms with van der Waals surface area (Å²) in [5.74, 6) is -0.880. The van der Waals surface area contributed by atoms with Gasteiger partial charge in [-0.15, -0.1) is 0 Å². The summed E-state index contributed by atoms with van der Waals surface area (Å²) in [6.45, 7) is 7.52. The van der Waals surface area contributed by atoms with Gasteiger partial charge in [0.05, 0.1) is 0 Å². The summed E-state index contributed by atoms with van der Waals surface area (Å²) in [5.41, 5.74) is 2.35. The molecule has 0 aliphatic rings. The zero-order chi connectivity index (χ0) is 18.8. The van der Waals surface area contributed by atoms with Gasteiger partial charge in [0.1, 0.15) is 0 Å². The molecular weight excluding hydrogens is 1030 g/mol. The van der Waals surface area contributed by atoms with Crippen LogP contribution in [0.25, 0.3) is 0 Å². The van der Waals surface area contributed by atoms with E-state index in [0.717, 1.165) is 29.4 Å². The number of aliphatic carboxylic acids is 1. The van der Waals surface area contributed by atoms with Gasteiger partial charge in [-0.3, -0.25) is 0 Å². The van der Waals surface area contributed by atoms with Gasteiger partial charge in [0, 0.05) is 18.6 Å². The van der Waals surface area contributed by atoms with Gasteiger partial charge in [-0.25, -0.2) is 0 Å². The Morgan fingerprint density at radius 1 is 1.08 bits per heavy atom. The molecule has 0 amide bonds. The van der Waals surface area contributed by atoms with Gasteiger partial charge in [-0.1, -0.05) is 0 Å². The normalized spacial score (nSPS) is 11.2. The number of halogens is 3. The first-order valence-corrected chi connectivity index (χ1v) is 19.1. The van der Waals surface area contributed by atoms with Crippen LogP contribution in [-0.4, -0.2) is 19.9 Å². The molecule has 0 aromatic heterocycles. The summed E-state index contributed by atoms with van der Waals surface area (Å²) < 4.78 is 4.87. The van der Waals surface area contributed by atoms with Gasteiger partial charge < -0.3 is 7.43 Å². The van der Waals surface area contributed by atoms with E-state index < -0.39 is 5.97 Å². The second kappa shape index (κ2) is 28.9. The minimum Gasteiger partial charge on any atom is 0 e. The third-order valence-electron chi connectivity index (χ3n) is 2.00. The summed E-state index contributed by atoms with van der Waals surface area (Å²) >= 11 is 10.7. The van der Waals surface area contributed by atoms with Crippen molar-refractivity contribution in [3.63, 3.8) is 0 Å². The predicted molar refractivity (Wildman–Crippen MR) is 116 cm³/mol. The topological polar surface area (TPSA) is 37.3 Å². The van der Waals surface area contributed by atoms with Gasteiger partial charge in [0.2, 0.25) is 0 Å². The quantitative estimate of drug-likeness (QED) is 0.166. The zero-order valence-electron chi connectivity index (χ0n) is 14.5. The molecule has 0 atom stereocenters. The first-order chi connectivity index (χ1) is 10.7. The predicted octanol–water partition coefficient (Wildman–Crippen LogP) is 5.72. The van der Waals surface area contributed by atoms with Crippen molar-refractivity contribution in [3.05, 3.63) is 52.9 Å².